The van der Waals surface area contributed by atoms with Gasteiger partial charge >= 0.3 is 0 Å². The lowest BCUT2D eigenvalue weighted by atomic mass is 10.0. The van der Waals surface area contributed by atoms with Crippen LogP contribution in [0.1, 0.15) is 35.2 Å². The summed E-state index contributed by atoms with van der Waals surface area (Å²) in [6.45, 7) is 1.35. The highest BCUT2D eigenvalue weighted by molar-refractivity contribution is 7.89. The maximum absolute atomic E-state index is 12.7. The Labute approximate surface area is 148 Å². The number of benzene rings is 2. The molecule has 25 heavy (non-hydrogen) atoms. The summed E-state index contributed by atoms with van der Waals surface area (Å²) in [6, 6.07) is 15.4. The number of sulfonamides is 1. The zero-order valence-electron chi connectivity index (χ0n) is 13.9. The highest BCUT2D eigenvalue weighted by atomic mass is 32.2. The summed E-state index contributed by atoms with van der Waals surface area (Å²) in [5, 5.41) is 3.34. The van der Waals surface area contributed by atoms with Gasteiger partial charge in [-0.25, -0.2) is 13.1 Å². The van der Waals surface area contributed by atoms with Crippen molar-refractivity contribution in [1.82, 2.24) is 10.0 Å². The SMILES string of the molecule is O=C(c1ccccc1)c1ccccc1S(=O)(=O)NCC[C@H]1CCCN1. The topological polar surface area (TPSA) is 75.3 Å². The van der Waals surface area contributed by atoms with Gasteiger partial charge in [-0.1, -0.05) is 42.5 Å². The molecule has 1 aliphatic rings. The van der Waals surface area contributed by atoms with Gasteiger partial charge in [0.2, 0.25) is 10.0 Å². The first-order valence-electron chi connectivity index (χ1n) is 8.50. The van der Waals surface area contributed by atoms with Crippen molar-refractivity contribution in [2.24, 2.45) is 0 Å². The van der Waals surface area contributed by atoms with Crippen LogP contribution in [0.3, 0.4) is 0 Å². The Kier molecular flexibility index (Phi) is 5.63. The Balaban J connectivity index is 1.78. The Bertz CT molecular complexity index is 829. The quantitative estimate of drug-likeness (QED) is 0.745. The van der Waals surface area contributed by atoms with Gasteiger partial charge in [-0.15, -0.1) is 0 Å². The summed E-state index contributed by atoms with van der Waals surface area (Å²) >= 11 is 0. The number of carbonyl (C=O) groups is 1. The highest BCUT2D eigenvalue weighted by Crippen LogP contribution is 2.19. The molecule has 0 bridgehead atoms. The molecule has 2 N–H and O–H groups in total. The molecule has 0 unspecified atom stereocenters. The standard InChI is InChI=1S/C19H22N2O3S/c22-19(15-7-2-1-3-8-15)17-10-4-5-11-18(17)25(23,24)21-14-12-16-9-6-13-20-16/h1-5,7-8,10-11,16,20-21H,6,9,12-14H2/t16-/m1/s1. The second-order valence-corrected chi connectivity index (χ2v) is 7.91. The minimum absolute atomic E-state index is 0.0308. The van der Waals surface area contributed by atoms with E-state index in [9.17, 15) is 13.2 Å². The molecule has 1 saturated heterocycles. The highest BCUT2D eigenvalue weighted by Gasteiger charge is 2.23. The van der Waals surface area contributed by atoms with Crippen molar-refractivity contribution in [3.63, 3.8) is 0 Å². The van der Waals surface area contributed by atoms with Gasteiger partial charge in [-0.2, -0.15) is 0 Å². The van der Waals surface area contributed by atoms with E-state index in [1.165, 1.54) is 6.07 Å². The second-order valence-electron chi connectivity index (χ2n) is 6.17. The molecule has 1 fully saturated rings. The van der Waals surface area contributed by atoms with Crippen LogP contribution in [0.15, 0.2) is 59.5 Å². The van der Waals surface area contributed by atoms with Crippen molar-refractivity contribution < 1.29 is 13.2 Å². The molecule has 0 aromatic heterocycles. The molecule has 2 aromatic carbocycles. The van der Waals surface area contributed by atoms with Gasteiger partial charge in [0.05, 0.1) is 4.90 Å². The fourth-order valence-electron chi connectivity index (χ4n) is 3.08. The maximum atomic E-state index is 12.7. The summed E-state index contributed by atoms with van der Waals surface area (Å²) < 4.78 is 28.0. The summed E-state index contributed by atoms with van der Waals surface area (Å²) in [5.41, 5.74) is 0.667. The van der Waals surface area contributed by atoms with Crippen molar-refractivity contribution in [1.29, 1.82) is 0 Å². The van der Waals surface area contributed by atoms with Crippen LogP contribution in [0.2, 0.25) is 0 Å². The molecule has 2 aromatic rings. The summed E-state index contributed by atoms with van der Waals surface area (Å²) in [4.78, 5) is 12.7. The number of carbonyl (C=O) groups excluding carboxylic acids is 1. The summed E-state index contributed by atoms with van der Waals surface area (Å²) in [5.74, 6) is -0.293. The van der Waals surface area contributed by atoms with Gasteiger partial charge < -0.3 is 5.32 Å². The molecule has 1 atom stereocenters. The van der Waals surface area contributed by atoms with Crippen LogP contribution in [0.25, 0.3) is 0 Å². The smallest absolute Gasteiger partial charge is 0.241 e. The van der Waals surface area contributed by atoms with Crippen molar-refractivity contribution in [2.75, 3.05) is 13.1 Å². The molecule has 0 aliphatic carbocycles. The zero-order chi connectivity index (χ0) is 17.7. The largest absolute Gasteiger partial charge is 0.314 e. The van der Waals surface area contributed by atoms with E-state index in [0.29, 0.717) is 18.2 Å². The van der Waals surface area contributed by atoms with Gasteiger partial charge in [0.1, 0.15) is 0 Å². The first kappa shape index (κ1) is 17.8. The summed E-state index contributed by atoms with van der Waals surface area (Å²) in [6.07, 6.45) is 2.95. The molecule has 132 valence electrons. The van der Waals surface area contributed by atoms with E-state index in [0.717, 1.165) is 25.8 Å². The van der Waals surface area contributed by atoms with Gasteiger partial charge in [-0.3, -0.25) is 4.79 Å². The van der Waals surface area contributed by atoms with Crippen LogP contribution in [0.4, 0.5) is 0 Å². The maximum Gasteiger partial charge on any atom is 0.241 e. The molecule has 0 spiro atoms. The van der Waals surface area contributed by atoms with E-state index < -0.39 is 10.0 Å². The number of hydrogen-bond acceptors (Lipinski definition) is 4. The molecule has 5 nitrogen and oxygen atoms in total. The van der Waals surface area contributed by atoms with Crippen LogP contribution in [0, 0.1) is 0 Å². The van der Waals surface area contributed by atoms with Crippen molar-refractivity contribution in [2.45, 2.75) is 30.2 Å². The molecular weight excluding hydrogens is 336 g/mol. The zero-order valence-corrected chi connectivity index (χ0v) is 14.8. The monoisotopic (exact) mass is 358 g/mol. The fraction of sp³-hybridized carbons (Fsp3) is 0.316. The number of ketones is 1. The van der Waals surface area contributed by atoms with E-state index in [-0.39, 0.29) is 16.2 Å². The van der Waals surface area contributed by atoms with E-state index in [1.54, 1.807) is 42.5 Å². The number of hydrogen-bond donors (Lipinski definition) is 2. The minimum Gasteiger partial charge on any atom is -0.314 e. The predicted octanol–water partition coefficient (Wildman–Crippen LogP) is 2.34. The van der Waals surface area contributed by atoms with E-state index in [1.807, 2.05) is 6.07 Å². The Morgan fingerprint density at radius 3 is 2.52 bits per heavy atom. The van der Waals surface area contributed by atoms with Crippen LogP contribution in [0.5, 0.6) is 0 Å². The Hall–Kier alpha value is -2.02. The van der Waals surface area contributed by atoms with Crippen molar-refractivity contribution in [3.8, 4) is 0 Å². The molecule has 6 heteroatoms. The minimum atomic E-state index is -3.73. The molecule has 1 aliphatic heterocycles. The lowest BCUT2D eigenvalue weighted by molar-refractivity contribution is 0.103. The van der Waals surface area contributed by atoms with E-state index >= 15 is 0 Å². The first-order chi connectivity index (χ1) is 12.1. The number of nitrogens with one attached hydrogen (secondary N) is 2. The third-order valence-electron chi connectivity index (χ3n) is 4.40. The third kappa shape index (κ3) is 4.34. The van der Waals surface area contributed by atoms with Gasteiger partial charge in [0.25, 0.3) is 0 Å². The van der Waals surface area contributed by atoms with Crippen LogP contribution in [-0.4, -0.2) is 33.3 Å². The third-order valence-corrected chi connectivity index (χ3v) is 5.92. The normalized spacial score (nSPS) is 17.5. The van der Waals surface area contributed by atoms with Crippen LogP contribution in [-0.2, 0) is 10.0 Å². The van der Waals surface area contributed by atoms with E-state index in [2.05, 4.69) is 10.0 Å². The Morgan fingerprint density at radius 2 is 1.80 bits per heavy atom. The van der Waals surface area contributed by atoms with Gasteiger partial charge in [0.15, 0.2) is 5.78 Å². The number of rotatable bonds is 7. The average Bonchev–Trinajstić information content (AvgIpc) is 3.15. The molecule has 1 heterocycles. The second kappa shape index (κ2) is 7.91. The molecule has 3 rings (SSSR count). The first-order valence-corrected chi connectivity index (χ1v) is 9.98. The average molecular weight is 358 g/mol. The van der Waals surface area contributed by atoms with Crippen molar-refractivity contribution >= 4 is 15.8 Å². The van der Waals surface area contributed by atoms with Crippen LogP contribution < -0.4 is 10.0 Å². The van der Waals surface area contributed by atoms with Crippen LogP contribution >= 0.6 is 0 Å². The van der Waals surface area contributed by atoms with Crippen molar-refractivity contribution in [3.05, 3.63) is 65.7 Å². The van der Waals surface area contributed by atoms with Gasteiger partial charge in [0, 0.05) is 23.7 Å². The summed E-state index contributed by atoms with van der Waals surface area (Å²) in [7, 11) is -3.73. The Morgan fingerprint density at radius 1 is 1.08 bits per heavy atom. The fourth-order valence-corrected chi connectivity index (χ4v) is 4.33. The molecule has 0 saturated carbocycles. The lowest BCUT2D eigenvalue weighted by Crippen LogP contribution is -2.31. The van der Waals surface area contributed by atoms with Gasteiger partial charge in [-0.05, 0) is 37.9 Å². The predicted molar refractivity (Wildman–Crippen MR) is 97.1 cm³/mol. The molecule has 0 radical (unpaired) electrons. The molecule has 0 amide bonds. The van der Waals surface area contributed by atoms with E-state index in [4.69, 9.17) is 0 Å². The molecular formula is C19H22N2O3S. The lowest BCUT2D eigenvalue weighted by Gasteiger charge is -2.13.